The zero-order valence-electron chi connectivity index (χ0n) is 17.8. The van der Waals surface area contributed by atoms with E-state index in [2.05, 4.69) is 62.3 Å². The molecule has 7 nitrogen and oxygen atoms in total. The molecule has 5 rings (SSSR count). The van der Waals surface area contributed by atoms with Crippen LogP contribution in [0.3, 0.4) is 0 Å². The highest BCUT2D eigenvalue weighted by atomic mass is 35.5. The Morgan fingerprint density at radius 2 is 1.81 bits per heavy atom. The number of aryl methyl sites for hydroxylation is 1. The maximum atomic E-state index is 5.32. The monoisotopic (exact) mass is 463 g/mol. The average molecular weight is 464 g/mol. The highest BCUT2D eigenvalue weighted by Gasteiger charge is 2.46. The highest BCUT2D eigenvalue weighted by molar-refractivity contribution is 5.85. The molecule has 0 spiro atoms. The first-order valence-corrected chi connectivity index (χ1v) is 9.98. The molecule has 1 aromatic carbocycles. The molecule has 0 amide bonds. The summed E-state index contributed by atoms with van der Waals surface area (Å²) in [6, 6.07) is 13.0. The summed E-state index contributed by atoms with van der Waals surface area (Å²) < 4.78 is 10.6. The number of benzene rings is 1. The van der Waals surface area contributed by atoms with Crippen molar-refractivity contribution in [3.8, 4) is 17.2 Å². The fourth-order valence-electron chi connectivity index (χ4n) is 4.86. The molecule has 2 aliphatic rings. The Balaban J connectivity index is 0.00000136. The van der Waals surface area contributed by atoms with Crippen LogP contribution in [0.1, 0.15) is 17.4 Å². The lowest BCUT2D eigenvalue weighted by Crippen LogP contribution is -2.29. The van der Waals surface area contributed by atoms with E-state index in [-0.39, 0.29) is 24.8 Å². The topological polar surface area (TPSA) is 67.5 Å². The van der Waals surface area contributed by atoms with Gasteiger partial charge in [0, 0.05) is 37.8 Å². The van der Waals surface area contributed by atoms with Crippen LogP contribution >= 0.6 is 24.8 Å². The zero-order valence-corrected chi connectivity index (χ0v) is 19.4. The van der Waals surface area contributed by atoms with Gasteiger partial charge in [0.25, 0.3) is 5.89 Å². The van der Waals surface area contributed by atoms with Gasteiger partial charge in [0.05, 0.1) is 12.7 Å². The molecule has 9 heteroatoms. The number of aromatic nitrogens is 3. The minimum Gasteiger partial charge on any atom is -0.497 e. The summed E-state index contributed by atoms with van der Waals surface area (Å²) in [5, 5.41) is 3.85. The van der Waals surface area contributed by atoms with E-state index >= 15 is 0 Å². The van der Waals surface area contributed by atoms with Crippen LogP contribution in [0.15, 0.2) is 47.1 Å². The van der Waals surface area contributed by atoms with E-state index in [9.17, 15) is 0 Å². The van der Waals surface area contributed by atoms with Gasteiger partial charge < -0.3 is 14.2 Å². The maximum absolute atomic E-state index is 5.32. The number of ether oxygens (including phenoxy) is 1. The normalized spacial score (nSPS) is 22.5. The predicted octanol–water partition coefficient (Wildman–Crippen LogP) is 4.03. The Hall–Kier alpha value is -2.35. The molecule has 0 saturated carbocycles. The van der Waals surface area contributed by atoms with Crippen molar-refractivity contribution in [1.29, 1.82) is 0 Å². The van der Waals surface area contributed by atoms with Gasteiger partial charge in [0.2, 0.25) is 0 Å². The third-order valence-corrected chi connectivity index (χ3v) is 6.20. The summed E-state index contributed by atoms with van der Waals surface area (Å²) >= 11 is 0. The SMILES string of the molecule is COc1ccc([C@H]2[C@@H]3CN(c4ccc(-c5nc(C)no5)cn4)C[C@@H]3CN2C)cc1.Cl.Cl. The predicted molar refractivity (Wildman–Crippen MR) is 124 cm³/mol. The quantitative estimate of drug-likeness (QED) is 0.578. The van der Waals surface area contributed by atoms with E-state index in [1.54, 1.807) is 7.11 Å². The number of rotatable bonds is 4. The number of likely N-dealkylation sites (tertiary alicyclic amines) is 1. The van der Waals surface area contributed by atoms with Gasteiger partial charge in [-0.3, -0.25) is 4.90 Å². The summed E-state index contributed by atoms with van der Waals surface area (Å²) in [4.78, 5) is 13.8. The van der Waals surface area contributed by atoms with Crippen molar-refractivity contribution in [3.63, 3.8) is 0 Å². The molecule has 0 unspecified atom stereocenters. The lowest BCUT2D eigenvalue weighted by Gasteiger charge is -2.27. The first-order valence-electron chi connectivity index (χ1n) is 9.98. The molecule has 2 aliphatic heterocycles. The van der Waals surface area contributed by atoms with Crippen LogP contribution in [0.25, 0.3) is 11.5 Å². The van der Waals surface area contributed by atoms with Crippen molar-refractivity contribution < 1.29 is 9.26 Å². The molecule has 0 N–H and O–H groups in total. The molecular formula is C22H27Cl2N5O2. The van der Waals surface area contributed by atoms with Crippen molar-refractivity contribution in [2.75, 3.05) is 38.7 Å². The first kappa shape index (κ1) is 23.3. The van der Waals surface area contributed by atoms with Gasteiger partial charge in [0.1, 0.15) is 11.6 Å². The zero-order chi connectivity index (χ0) is 20.0. The molecule has 166 valence electrons. The van der Waals surface area contributed by atoms with Crippen LogP contribution in [0, 0.1) is 18.8 Å². The van der Waals surface area contributed by atoms with Gasteiger partial charge in [0.15, 0.2) is 5.82 Å². The maximum Gasteiger partial charge on any atom is 0.259 e. The van der Waals surface area contributed by atoms with E-state index < -0.39 is 0 Å². The van der Waals surface area contributed by atoms with Crippen molar-refractivity contribution in [2.45, 2.75) is 13.0 Å². The van der Waals surface area contributed by atoms with Gasteiger partial charge in [-0.2, -0.15) is 4.98 Å². The fraction of sp³-hybridized carbons (Fsp3) is 0.409. The lowest BCUT2D eigenvalue weighted by molar-refractivity contribution is 0.279. The Morgan fingerprint density at radius 3 is 2.42 bits per heavy atom. The third kappa shape index (κ3) is 4.35. The van der Waals surface area contributed by atoms with Gasteiger partial charge in [-0.1, -0.05) is 17.3 Å². The molecule has 2 saturated heterocycles. The Labute approximate surface area is 194 Å². The molecule has 3 atom stereocenters. The van der Waals surface area contributed by atoms with E-state index in [0.29, 0.717) is 29.6 Å². The number of hydrogen-bond acceptors (Lipinski definition) is 7. The standard InChI is InChI=1S/C22H25N5O2.2ClH/c1-14-24-22(29-25-14)16-6-9-20(23-10-16)27-12-17-11-26(2)21(19(17)13-27)15-4-7-18(28-3)8-5-15;;/h4-10,17,19,21H,11-13H2,1-3H3;2*1H/t17-,19+,21-;;/m0../s1. The smallest absolute Gasteiger partial charge is 0.259 e. The number of pyridine rings is 1. The molecule has 0 aliphatic carbocycles. The second-order valence-corrected chi connectivity index (χ2v) is 8.04. The minimum atomic E-state index is 0. The van der Waals surface area contributed by atoms with Crippen molar-refractivity contribution in [2.24, 2.45) is 11.8 Å². The highest BCUT2D eigenvalue weighted by Crippen LogP contribution is 2.45. The number of nitrogens with zero attached hydrogens (tertiary/aromatic N) is 5. The summed E-state index contributed by atoms with van der Waals surface area (Å²) in [5.74, 6) is 4.29. The molecule has 2 aromatic heterocycles. The van der Waals surface area contributed by atoms with Gasteiger partial charge in [-0.05, 0) is 49.7 Å². The second-order valence-electron chi connectivity index (χ2n) is 8.04. The average Bonchev–Trinajstić information content (AvgIpc) is 3.42. The number of hydrogen-bond donors (Lipinski definition) is 0. The van der Waals surface area contributed by atoms with Crippen LogP contribution in [0.4, 0.5) is 5.82 Å². The minimum absolute atomic E-state index is 0. The summed E-state index contributed by atoms with van der Waals surface area (Å²) in [5.41, 5.74) is 2.21. The van der Waals surface area contributed by atoms with E-state index in [0.717, 1.165) is 36.8 Å². The number of halogens is 2. The van der Waals surface area contributed by atoms with Gasteiger partial charge >= 0.3 is 0 Å². The van der Waals surface area contributed by atoms with Crippen molar-refractivity contribution >= 4 is 30.6 Å². The van der Waals surface area contributed by atoms with E-state index in [4.69, 9.17) is 9.26 Å². The Morgan fingerprint density at radius 1 is 1.03 bits per heavy atom. The largest absolute Gasteiger partial charge is 0.497 e. The van der Waals surface area contributed by atoms with E-state index in [1.807, 2.05) is 19.2 Å². The number of fused-ring (bicyclic) bond motifs is 1. The molecular weight excluding hydrogens is 437 g/mol. The fourth-order valence-corrected chi connectivity index (χ4v) is 4.86. The van der Waals surface area contributed by atoms with Gasteiger partial charge in [-0.15, -0.1) is 24.8 Å². The number of methoxy groups -OCH3 is 1. The summed E-state index contributed by atoms with van der Waals surface area (Å²) in [6.45, 7) is 4.97. The summed E-state index contributed by atoms with van der Waals surface area (Å²) in [6.07, 6.45) is 1.82. The van der Waals surface area contributed by atoms with Crippen LogP contribution in [0.2, 0.25) is 0 Å². The molecule has 3 aromatic rings. The van der Waals surface area contributed by atoms with Crippen LogP contribution < -0.4 is 9.64 Å². The van der Waals surface area contributed by atoms with E-state index in [1.165, 1.54) is 5.56 Å². The number of anilines is 1. The second kappa shape index (κ2) is 9.42. The Kier molecular flexibility index (Phi) is 7.09. The van der Waals surface area contributed by atoms with Crippen LogP contribution in [-0.2, 0) is 0 Å². The van der Waals surface area contributed by atoms with Crippen molar-refractivity contribution in [1.82, 2.24) is 20.0 Å². The Bertz CT molecular complexity index is 996. The third-order valence-electron chi connectivity index (χ3n) is 6.20. The molecule has 2 fully saturated rings. The first-order chi connectivity index (χ1) is 14.1. The molecule has 4 heterocycles. The molecule has 0 radical (unpaired) electrons. The van der Waals surface area contributed by atoms with Gasteiger partial charge in [-0.25, -0.2) is 4.98 Å². The van der Waals surface area contributed by atoms with Crippen LogP contribution in [0.5, 0.6) is 5.75 Å². The van der Waals surface area contributed by atoms with Crippen LogP contribution in [-0.4, -0.2) is 53.8 Å². The lowest BCUT2D eigenvalue weighted by atomic mass is 9.89. The summed E-state index contributed by atoms with van der Waals surface area (Å²) in [7, 11) is 3.94. The van der Waals surface area contributed by atoms with Crippen molar-refractivity contribution in [3.05, 3.63) is 54.0 Å². The molecule has 0 bridgehead atoms. The molecule has 31 heavy (non-hydrogen) atoms.